The Morgan fingerprint density at radius 1 is 1.33 bits per heavy atom. The van der Waals surface area contributed by atoms with Crippen LogP contribution in [0.15, 0.2) is 42.2 Å². The van der Waals surface area contributed by atoms with Gasteiger partial charge in [-0.15, -0.1) is 0 Å². The smallest absolute Gasteiger partial charge is 0.333 e. The van der Waals surface area contributed by atoms with Crippen molar-refractivity contribution in [2.45, 2.75) is 13.0 Å². The first-order chi connectivity index (χ1) is 8.58. The number of halogens is 2. The van der Waals surface area contributed by atoms with Crippen LogP contribution in [-0.4, -0.2) is 16.0 Å². The second-order valence-corrected chi connectivity index (χ2v) is 4.74. The lowest BCUT2D eigenvalue weighted by atomic mass is 10.1. The lowest BCUT2D eigenvalue weighted by molar-refractivity contribution is -0.132. The van der Waals surface area contributed by atoms with Gasteiger partial charge in [0.1, 0.15) is 0 Å². The average Bonchev–Trinajstić information content (AvgIpc) is 2.34. The third kappa shape index (κ3) is 2.86. The van der Waals surface area contributed by atoms with Gasteiger partial charge in [0, 0.05) is 41.0 Å². The van der Waals surface area contributed by atoms with Gasteiger partial charge in [0.25, 0.3) is 0 Å². The van der Waals surface area contributed by atoms with Crippen LogP contribution in [0.1, 0.15) is 12.0 Å². The van der Waals surface area contributed by atoms with Crippen LogP contribution in [0.2, 0.25) is 10.0 Å². The van der Waals surface area contributed by atoms with Crippen molar-refractivity contribution in [1.82, 2.24) is 4.90 Å². The minimum Gasteiger partial charge on any atom is -0.478 e. The summed E-state index contributed by atoms with van der Waals surface area (Å²) in [6.07, 6.45) is 5.66. The van der Waals surface area contributed by atoms with Gasteiger partial charge in [0.05, 0.1) is 5.57 Å². The first kappa shape index (κ1) is 13.0. The summed E-state index contributed by atoms with van der Waals surface area (Å²) in [4.78, 5) is 12.7. The molecule has 5 heteroatoms. The highest BCUT2D eigenvalue weighted by molar-refractivity contribution is 6.35. The van der Waals surface area contributed by atoms with Crippen LogP contribution in [0.4, 0.5) is 0 Å². The highest BCUT2D eigenvalue weighted by Gasteiger charge is 2.14. The molecule has 94 valence electrons. The first-order valence-corrected chi connectivity index (χ1v) is 6.13. The molecule has 0 saturated carbocycles. The van der Waals surface area contributed by atoms with Crippen LogP contribution < -0.4 is 0 Å². The molecule has 0 fully saturated rings. The van der Waals surface area contributed by atoms with Gasteiger partial charge in [0.2, 0.25) is 0 Å². The molecule has 1 heterocycles. The largest absolute Gasteiger partial charge is 0.478 e. The molecular weight excluding hydrogens is 273 g/mol. The lowest BCUT2D eigenvalue weighted by Gasteiger charge is -2.21. The summed E-state index contributed by atoms with van der Waals surface area (Å²) >= 11 is 12.2. The zero-order valence-electron chi connectivity index (χ0n) is 9.44. The third-order valence-corrected chi connectivity index (χ3v) is 3.34. The maximum atomic E-state index is 10.9. The predicted molar refractivity (Wildman–Crippen MR) is 71.5 cm³/mol. The van der Waals surface area contributed by atoms with E-state index in [0.717, 1.165) is 5.56 Å². The Morgan fingerprint density at radius 3 is 2.61 bits per heavy atom. The molecule has 0 amide bonds. The van der Waals surface area contributed by atoms with Crippen LogP contribution in [0.5, 0.6) is 0 Å². The fraction of sp³-hybridized carbons (Fsp3) is 0.154. The zero-order chi connectivity index (χ0) is 13.1. The number of carbonyl (C=O) groups is 1. The quantitative estimate of drug-likeness (QED) is 0.920. The minimum absolute atomic E-state index is 0.348. The zero-order valence-corrected chi connectivity index (χ0v) is 10.9. The summed E-state index contributed by atoms with van der Waals surface area (Å²) in [6, 6.07) is 5.30. The Labute approximate surface area is 115 Å². The van der Waals surface area contributed by atoms with Crippen LogP contribution in [0, 0.1) is 0 Å². The fourth-order valence-electron chi connectivity index (χ4n) is 1.72. The average molecular weight is 284 g/mol. The van der Waals surface area contributed by atoms with E-state index in [1.807, 2.05) is 6.20 Å². The molecule has 3 nitrogen and oxygen atoms in total. The SMILES string of the molecule is O=C(O)C1=CN(Cc2c(Cl)cccc2Cl)C=CC1. The number of carboxylic acid groups (broad SMARTS) is 1. The van der Waals surface area contributed by atoms with Crippen LogP contribution in [0.25, 0.3) is 0 Å². The first-order valence-electron chi connectivity index (χ1n) is 5.37. The molecule has 0 aliphatic carbocycles. The number of hydrogen-bond donors (Lipinski definition) is 1. The number of benzene rings is 1. The summed E-state index contributed by atoms with van der Waals surface area (Å²) < 4.78 is 0. The Balaban J connectivity index is 2.22. The fourth-order valence-corrected chi connectivity index (χ4v) is 2.23. The van der Waals surface area contributed by atoms with Gasteiger partial charge in [0.15, 0.2) is 0 Å². The highest BCUT2D eigenvalue weighted by atomic mass is 35.5. The maximum Gasteiger partial charge on any atom is 0.333 e. The molecule has 1 aliphatic rings. The van der Waals surface area contributed by atoms with Crippen molar-refractivity contribution in [2.75, 3.05) is 0 Å². The molecule has 2 rings (SSSR count). The van der Waals surface area contributed by atoms with Crippen molar-refractivity contribution in [3.63, 3.8) is 0 Å². The number of aliphatic carboxylic acids is 1. The molecule has 0 atom stereocenters. The number of rotatable bonds is 3. The molecule has 1 aromatic carbocycles. The monoisotopic (exact) mass is 283 g/mol. The molecule has 0 aromatic heterocycles. The second kappa shape index (κ2) is 5.46. The van der Waals surface area contributed by atoms with Gasteiger partial charge in [-0.25, -0.2) is 4.79 Å². The molecular formula is C13H11Cl2NO2. The van der Waals surface area contributed by atoms with Crippen LogP contribution >= 0.6 is 23.2 Å². The van der Waals surface area contributed by atoms with E-state index < -0.39 is 5.97 Å². The maximum absolute atomic E-state index is 10.9. The Bertz CT molecular complexity index is 518. The predicted octanol–water partition coefficient (Wildman–Crippen LogP) is 3.68. The molecule has 1 aromatic rings. The number of carboxylic acids is 1. The molecule has 0 saturated heterocycles. The van der Waals surface area contributed by atoms with Crippen molar-refractivity contribution >= 4 is 29.2 Å². The van der Waals surface area contributed by atoms with Crippen molar-refractivity contribution < 1.29 is 9.90 Å². The molecule has 0 radical (unpaired) electrons. The van der Waals surface area contributed by atoms with Gasteiger partial charge in [-0.1, -0.05) is 35.3 Å². The minimum atomic E-state index is -0.908. The van der Waals surface area contributed by atoms with E-state index in [-0.39, 0.29) is 0 Å². The van der Waals surface area contributed by atoms with E-state index in [0.29, 0.717) is 28.6 Å². The standard InChI is InChI=1S/C13H11Cl2NO2/c14-11-4-1-5-12(15)10(11)8-16-6-2-3-9(7-16)13(17)18/h1-2,4-7H,3,8H2,(H,17,18). The van der Waals surface area contributed by atoms with Crippen molar-refractivity contribution in [2.24, 2.45) is 0 Å². The summed E-state index contributed by atoms with van der Waals surface area (Å²) in [6.45, 7) is 0.450. The Morgan fingerprint density at radius 2 is 2.00 bits per heavy atom. The lowest BCUT2D eigenvalue weighted by Crippen LogP contribution is -2.16. The van der Waals surface area contributed by atoms with Gasteiger partial charge < -0.3 is 10.0 Å². The number of allylic oxidation sites excluding steroid dienone is 1. The Hall–Kier alpha value is -1.45. The normalized spacial score (nSPS) is 14.6. The topological polar surface area (TPSA) is 40.5 Å². The van der Waals surface area contributed by atoms with Crippen LogP contribution in [0.3, 0.4) is 0 Å². The van der Waals surface area contributed by atoms with Gasteiger partial charge in [-0.2, -0.15) is 0 Å². The van der Waals surface area contributed by atoms with E-state index in [1.165, 1.54) is 0 Å². The third-order valence-electron chi connectivity index (χ3n) is 2.63. The molecule has 18 heavy (non-hydrogen) atoms. The summed E-state index contributed by atoms with van der Waals surface area (Å²) in [5, 5.41) is 10.1. The van der Waals surface area contributed by atoms with Crippen molar-refractivity contribution in [3.8, 4) is 0 Å². The van der Waals surface area contributed by atoms with E-state index >= 15 is 0 Å². The van der Waals surface area contributed by atoms with Gasteiger partial charge >= 0.3 is 5.97 Å². The molecule has 0 bridgehead atoms. The number of nitrogens with zero attached hydrogens (tertiary/aromatic N) is 1. The van der Waals surface area contributed by atoms with Crippen LogP contribution in [-0.2, 0) is 11.3 Å². The highest BCUT2D eigenvalue weighted by Crippen LogP contribution is 2.27. The summed E-state index contributed by atoms with van der Waals surface area (Å²) in [5.41, 5.74) is 1.13. The van der Waals surface area contributed by atoms with E-state index in [1.54, 1.807) is 35.4 Å². The van der Waals surface area contributed by atoms with Gasteiger partial charge in [-0.3, -0.25) is 0 Å². The van der Waals surface area contributed by atoms with Gasteiger partial charge in [-0.05, 0) is 12.1 Å². The molecule has 0 spiro atoms. The molecule has 0 unspecified atom stereocenters. The molecule has 1 aliphatic heterocycles. The second-order valence-electron chi connectivity index (χ2n) is 3.92. The van der Waals surface area contributed by atoms with E-state index in [4.69, 9.17) is 28.3 Å². The molecule has 1 N–H and O–H groups in total. The van der Waals surface area contributed by atoms with Crippen molar-refractivity contribution in [1.29, 1.82) is 0 Å². The van der Waals surface area contributed by atoms with Crippen molar-refractivity contribution in [3.05, 3.63) is 57.9 Å². The Kier molecular flexibility index (Phi) is 3.94. The van der Waals surface area contributed by atoms with E-state index in [2.05, 4.69) is 0 Å². The summed E-state index contributed by atoms with van der Waals surface area (Å²) in [7, 11) is 0. The summed E-state index contributed by atoms with van der Waals surface area (Å²) in [5.74, 6) is -0.908. The van der Waals surface area contributed by atoms with E-state index in [9.17, 15) is 4.79 Å². The number of hydrogen-bond acceptors (Lipinski definition) is 2.